The Bertz CT molecular complexity index is 1880. The van der Waals surface area contributed by atoms with Crippen molar-refractivity contribution in [3.63, 3.8) is 0 Å². The van der Waals surface area contributed by atoms with Crippen molar-refractivity contribution < 1.29 is 67.1 Å². The highest BCUT2D eigenvalue weighted by molar-refractivity contribution is 5.90. The molecule has 0 spiro atoms. The quantitative estimate of drug-likeness (QED) is 0.0564. The summed E-state index contributed by atoms with van der Waals surface area (Å²) in [4.78, 5) is 99.9. The number of carbonyl (C=O) groups is 7. The van der Waals surface area contributed by atoms with Crippen LogP contribution in [0.1, 0.15) is 125 Å². The van der Waals surface area contributed by atoms with E-state index < -0.39 is 97.1 Å². The van der Waals surface area contributed by atoms with Gasteiger partial charge in [0.25, 0.3) is 0 Å². The van der Waals surface area contributed by atoms with Gasteiger partial charge in [-0.1, -0.05) is 92.1 Å². The number of aliphatic hydroxyl groups is 1. The summed E-state index contributed by atoms with van der Waals surface area (Å²) in [5, 5.41) is 17.9. The van der Waals surface area contributed by atoms with Gasteiger partial charge in [0, 0.05) is 47.8 Å². The summed E-state index contributed by atoms with van der Waals surface area (Å²) in [7, 11) is 9.82. The van der Waals surface area contributed by atoms with Gasteiger partial charge in [0.15, 0.2) is 6.29 Å². The van der Waals surface area contributed by atoms with E-state index in [9.17, 15) is 38.7 Å². The van der Waals surface area contributed by atoms with Crippen molar-refractivity contribution in [1.82, 2.24) is 30.7 Å². The number of hydrogen-bond acceptors (Lipinski definition) is 15. The van der Waals surface area contributed by atoms with Gasteiger partial charge >= 0.3 is 11.9 Å². The van der Waals surface area contributed by atoms with Crippen LogP contribution in [0.15, 0.2) is 30.3 Å². The summed E-state index contributed by atoms with van der Waals surface area (Å²) in [6.07, 6.45) is -1.19. The van der Waals surface area contributed by atoms with Crippen molar-refractivity contribution >= 4 is 41.5 Å². The van der Waals surface area contributed by atoms with Crippen LogP contribution in [0.5, 0.6) is 0 Å². The molecule has 5 unspecified atom stereocenters. The minimum atomic E-state index is -0.946. The lowest BCUT2D eigenvalue weighted by Crippen LogP contribution is -2.59. The highest BCUT2D eigenvalue weighted by atomic mass is 16.7. The molecule has 1 heterocycles. The number of rotatable bonds is 34. The second-order valence-corrected chi connectivity index (χ2v) is 20.4. The van der Waals surface area contributed by atoms with Crippen LogP contribution >= 0.6 is 0 Å². The Morgan fingerprint density at radius 2 is 1.47 bits per heavy atom. The third-order valence-electron chi connectivity index (χ3n) is 14.0. The summed E-state index contributed by atoms with van der Waals surface area (Å²) in [5.41, 5.74) is 0.606. The molecule has 0 saturated carbocycles. The third kappa shape index (κ3) is 20.1. The van der Waals surface area contributed by atoms with Crippen LogP contribution in [0.4, 0.5) is 0 Å². The molecule has 20 nitrogen and oxygen atoms in total. The van der Waals surface area contributed by atoms with E-state index in [0.717, 1.165) is 0 Å². The number of aliphatic hydroxyl groups excluding tert-OH is 1. The number of methoxy groups -OCH3 is 3. The number of likely N-dealkylation sites (N-methyl/N-ethyl adjacent to an activating group) is 2. The number of nitrogens with zero attached hydrogens (tertiary/aromatic N) is 3. The zero-order valence-electron chi connectivity index (χ0n) is 47.1. The first-order valence-electron chi connectivity index (χ1n) is 26.4. The number of benzene rings is 1. The van der Waals surface area contributed by atoms with Crippen molar-refractivity contribution in [2.45, 2.75) is 175 Å². The topological polar surface area (TPSA) is 241 Å². The van der Waals surface area contributed by atoms with E-state index in [1.807, 2.05) is 67.5 Å². The molecule has 1 aliphatic heterocycles. The minimum Gasteiger partial charge on any atom is -0.460 e. The average Bonchev–Trinajstić information content (AvgIpc) is 3.86. The Kier molecular flexibility index (Phi) is 29.5. The van der Waals surface area contributed by atoms with Crippen LogP contribution in [0.25, 0.3) is 0 Å². The Morgan fingerprint density at radius 3 is 2.01 bits per heavy atom. The van der Waals surface area contributed by atoms with E-state index in [4.69, 9.17) is 28.4 Å². The Morgan fingerprint density at radius 1 is 0.811 bits per heavy atom. The summed E-state index contributed by atoms with van der Waals surface area (Å²) >= 11 is 0. The molecular formula is C54H92N6O14. The van der Waals surface area contributed by atoms with Crippen LogP contribution in [-0.4, -0.2) is 185 Å². The number of ether oxygens (including phenoxy) is 6. The van der Waals surface area contributed by atoms with Crippen molar-refractivity contribution in [3.8, 4) is 0 Å². The van der Waals surface area contributed by atoms with Crippen LogP contribution < -0.4 is 16.0 Å². The molecule has 422 valence electrons. The van der Waals surface area contributed by atoms with Crippen molar-refractivity contribution in [1.29, 1.82) is 0 Å². The summed E-state index contributed by atoms with van der Waals surface area (Å²) in [6.45, 7) is 16.6. The Hall–Kier alpha value is -4.73. The van der Waals surface area contributed by atoms with Gasteiger partial charge in [-0.05, 0) is 70.0 Å². The zero-order chi connectivity index (χ0) is 55.8. The fourth-order valence-corrected chi connectivity index (χ4v) is 9.66. The lowest BCUT2D eigenvalue weighted by molar-refractivity contribution is -0.194. The molecule has 0 aliphatic carbocycles. The minimum absolute atomic E-state index is 0.0105. The fraction of sp³-hybridized carbons (Fsp3) is 0.759. The summed E-state index contributed by atoms with van der Waals surface area (Å²) < 4.78 is 33.9. The number of amides is 5. The molecule has 0 aromatic heterocycles. The van der Waals surface area contributed by atoms with Gasteiger partial charge in [0.1, 0.15) is 25.3 Å². The summed E-state index contributed by atoms with van der Waals surface area (Å²) in [6, 6.07) is 5.92. The predicted octanol–water partition coefficient (Wildman–Crippen LogP) is 4.01. The zero-order valence-corrected chi connectivity index (χ0v) is 47.1. The number of carbonyl (C=O) groups excluding carboxylic acids is 7. The monoisotopic (exact) mass is 1050 g/mol. The molecule has 4 N–H and O–H groups in total. The van der Waals surface area contributed by atoms with Gasteiger partial charge in [-0.2, -0.15) is 0 Å². The van der Waals surface area contributed by atoms with Gasteiger partial charge in [-0.25, -0.2) is 0 Å². The number of esters is 2. The highest BCUT2D eigenvalue weighted by Gasteiger charge is 2.43. The third-order valence-corrected chi connectivity index (χ3v) is 14.0. The van der Waals surface area contributed by atoms with E-state index >= 15 is 0 Å². The highest BCUT2D eigenvalue weighted by Crippen LogP contribution is 2.30. The maximum atomic E-state index is 14.5. The lowest BCUT2D eigenvalue weighted by atomic mass is 9.89. The van der Waals surface area contributed by atoms with E-state index in [2.05, 4.69) is 16.0 Å². The SMILES string of the molecule is CCC(CO)OC(COC(=O)CCCC(=O)NCC(=O)OC(c1ccccc1)[C@@H](C)NC(=O)[C@H](C)[C@@H](OC)[C@@H]1CCCN1C(=O)C[C@@H](OC)C([C@@H](C)CC)N(C)C(=O)C(NC(=O)[C@H](C(C)C)N(C)C)C(C)C)OC. The van der Waals surface area contributed by atoms with Crippen molar-refractivity contribution in [2.24, 2.45) is 23.7 Å². The molecule has 5 amide bonds. The Balaban J connectivity index is 2.14. The molecule has 1 fully saturated rings. The maximum absolute atomic E-state index is 14.5. The molecule has 1 aromatic rings. The fourth-order valence-electron chi connectivity index (χ4n) is 9.66. The molecule has 1 saturated heterocycles. The van der Waals surface area contributed by atoms with Gasteiger partial charge < -0.3 is 59.3 Å². The van der Waals surface area contributed by atoms with Gasteiger partial charge in [-0.3, -0.25) is 38.5 Å². The van der Waals surface area contributed by atoms with E-state index in [0.29, 0.717) is 37.8 Å². The molecule has 0 bridgehead atoms. The van der Waals surface area contributed by atoms with Gasteiger partial charge in [0.05, 0.1) is 61.4 Å². The smallest absolute Gasteiger partial charge is 0.326 e. The van der Waals surface area contributed by atoms with Crippen molar-refractivity contribution in [3.05, 3.63) is 35.9 Å². The summed E-state index contributed by atoms with van der Waals surface area (Å²) in [5.74, 6) is -3.95. The molecule has 0 radical (unpaired) electrons. The van der Waals surface area contributed by atoms with Crippen LogP contribution in [-0.2, 0) is 62.0 Å². The van der Waals surface area contributed by atoms with Crippen LogP contribution in [0, 0.1) is 23.7 Å². The average molecular weight is 1050 g/mol. The first-order valence-corrected chi connectivity index (χ1v) is 26.4. The van der Waals surface area contributed by atoms with E-state index in [1.54, 1.807) is 61.0 Å². The molecule has 1 aromatic carbocycles. The Labute approximate surface area is 440 Å². The maximum Gasteiger partial charge on any atom is 0.326 e. The van der Waals surface area contributed by atoms with Gasteiger partial charge in [-0.15, -0.1) is 0 Å². The molecular weight excluding hydrogens is 957 g/mol. The van der Waals surface area contributed by atoms with Crippen molar-refractivity contribution in [2.75, 3.05) is 68.8 Å². The predicted molar refractivity (Wildman–Crippen MR) is 279 cm³/mol. The van der Waals surface area contributed by atoms with Crippen LogP contribution in [0.2, 0.25) is 0 Å². The first-order chi connectivity index (χ1) is 35.0. The number of likely N-dealkylation sites (tertiary alicyclic amines) is 1. The molecule has 2 rings (SSSR count). The molecule has 1 aliphatic rings. The largest absolute Gasteiger partial charge is 0.460 e. The standard InChI is InChI=1S/C54H92N6O14/c1-16-35(7)49(59(12)54(68)47(33(3)4)57-53(67)48(34(5)6)58(10)11)41(69-13)29-43(63)60-28-22-25-40(60)50(71-15)36(8)52(66)56-37(9)51(38-23-19-18-20-24-38)74-45(65)30-55-42(62)26-21-27-44(64)72-32-46(70-14)73-39(17-2)31-61/h18-20,23-24,33-37,39-41,46-51,61H,16-17,21-22,25-32H2,1-15H3,(H,55,62)(H,56,66)(H,57,67)/t35-,36+,37+,39?,40-,41+,46?,47?,48-,49?,50+,51?/m0/s1. The normalized spacial score (nSPS) is 18.3. The lowest BCUT2D eigenvalue weighted by Gasteiger charge is -2.41. The second kappa shape index (κ2) is 33.3. The molecule has 20 heteroatoms. The number of hydrogen-bond donors (Lipinski definition) is 4. The molecule has 12 atom stereocenters. The first kappa shape index (κ1) is 65.4. The van der Waals surface area contributed by atoms with E-state index in [1.165, 1.54) is 21.3 Å². The number of nitrogens with one attached hydrogen (secondary N) is 3. The van der Waals surface area contributed by atoms with E-state index in [-0.39, 0.29) is 74.4 Å². The van der Waals surface area contributed by atoms with Crippen LogP contribution in [0.3, 0.4) is 0 Å². The second-order valence-electron chi connectivity index (χ2n) is 20.4. The van der Waals surface area contributed by atoms with Gasteiger partial charge in [0.2, 0.25) is 29.5 Å². The molecule has 74 heavy (non-hydrogen) atoms.